The second-order valence-corrected chi connectivity index (χ2v) is 4.41. The molecule has 6 heteroatoms. The Labute approximate surface area is 113 Å². The van der Waals surface area contributed by atoms with E-state index in [-0.39, 0.29) is 17.1 Å². The minimum absolute atomic E-state index is 0.114. The summed E-state index contributed by atoms with van der Waals surface area (Å²) in [5, 5.41) is 2.62. The Bertz CT molecular complexity index is 636. The minimum atomic E-state index is -4.55. The van der Waals surface area contributed by atoms with Crippen LogP contribution in [0.4, 0.5) is 34.6 Å². The maximum absolute atomic E-state index is 13.6. The zero-order chi connectivity index (χ0) is 14.9. The number of nitrogen functional groups attached to an aromatic ring is 1. The number of rotatable bonds is 2. The summed E-state index contributed by atoms with van der Waals surface area (Å²) in [6.07, 6.45) is -4.55. The van der Waals surface area contributed by atoms with Crippen molar-refractivity contribution in [2.45, 2.75) is 13.1 Å². The number of hydrogen-bond acceptors (Lipinski definition) is 2. The fraction of sp³-hybridized carbons (Fsp3) is 0.143. The van der Waals surface area contributed by atoms with Crippen LogP contribution in [0.2, 0.25) is 0 Å². The normalized spacial score (nSPS) is 11.4. The van der Waals surface area contributed by atoms with Crippen LogP contribution in [-0.2, 0) is 6.18 Å². The van der Waals surface area contributed by atoms with E-state index in [1.54, 1.807) is 13.0 Å². The van der Waals surface area contributed by atoms with E-state index < -0.39 is 17.6 Å². The Morgan fingerprint density at radius 2 is 1.75 bits per heavy atom. The summed E-state index contributed by atoms with van der Waals surface area (Å²) in [4.78, 5) is 0. The maximum Gasteiger partial charge on any atom is 0.418 e. The zero-order valence-corrected chi connectivity index (χ0v) is 10.6. The maximum atomic E-state index is 13.6. The molecule has 0 heterocycles. The highest BCUT2D eigenvalue weighted by molar-refractivity contribution is 5.65. The lowest BCUT2D eigenvalue weighted by molar-refractivity contribution is -0.136. The first kappa shape index (κ1) is 14.2. The molecule has 0 spiro atoms. The number of hydrogen-bond donors (Lipinski definition) is 2. The standard InChI is InChI=1S/C14H12F4N2/c1-8-2-4-11(15)13(6-8)20-9-3-5-12(19)10(7-9)14(16,17)18/h2-7,20H,19H2,1H3. The first-order valence-electron chi connectivity index (χ1n) is 5.77. The van der Waals surface area contributed by atoms with Crippen LogP contribution in [0.5, 0.6) is 0 Å². The summed E-state index contributed by atoms with van der Waals surface area (Å²) in [6.45, 7) is 1.76. The average molecular weight is 284 g/mol. The van der Waals surface area contributed by atoms with Gasteiger partial charge in [-0.3, -0.25) is 0 Å². The first-order valence-corrected chi connectivity index (χ1v) is 5.77. The molecule has 2 nitrogen and oxygen atoms in total. The summed E-state index contributed by atoms with van der Waals surface area (Å²) in [7, 11) is 0. The van der Waals surface area contributed by atoms with Gasteiger partial charge in [-0.1, -0.05) is 6.07 Å². The van der Waals surface area contributed by atoms with Crippen LogP contribution in [0, 0.1) is 12.7 Å². The van der Waals surface area contributed by atoms with Gasteiger partial charge in [-0.2, -0.15) is 13.2 Å². The van der Waals surface area contributed by atoms with Crippen LogP contribution >= 0.6 is 0 Å². The summed E-state index contributed by atoms with van der Waals surface area (Å²) in [5.41, 5.74) is 5.01. The molecule has 0 bridgehead atoms. The molecule has 0 radical (unpaired) electrons. The van der Waals surface area contributed by atoms with Crippen LogP contribution in [0.25, 0.3) is 0 Å². The highest BCUT2D eigenvalue weighted by Gasteiger charge is 2.33. The number of aryl methyl sites for hydroxylation is 1. The summed E-state index contributed by atoms with van der Waals surface area (Å²) in [6, 6.07) is 7.70. The van der Waals surface area contributed by atoms with Gasteiger partial charge in [0.05, 0.1) is 11.3 Å². The molecule has 0 atom stereocenters. The van der Waals surface area contributed by atoms with E-state index in [1.807, 2.05) is 0 Å². The molecule has 0 aliphatic rings. The topological polar surface area (TPSA) is 38.0 Å². The zero-order valence-electron chi connectivity index (χ0n) is 10.6. The van der Waals surface area contributed by atoms with Gasteiger partial charge < -0.3 is 11.1 Å². The fourth-order valence-electron chi connectivity index (χ4n) is 1.77. The molecule has 0 unspecified atom stereocenters. The smallest absolute Gasteiger partial charge is 0.398 e. The highest BCUT2D eigenvalue weighted by Crippen LogP contribution is 2.35. The number of benzene rings is 2. The van der Waals surface area contributed by atoms with E-state index >= 15 is 0 Å². The van der Waals surface area contributed by atoms with Crippen molar-refractivity contribution in [2.24, 2.45) is 0 Å². The third-order valence-corrected chi connectivity index (χ3v) is 2.76. The highest BCUT2D eigenvalue weighted by atomic mass is 19.4. The summed E-state index contributed by atoms with van der Waals surface area (Å²) >= 11 is 0. The monoisotopic (exact) mass is 284 g/mol. The average Bonchev–Trinajstić information content (AvgIpc) is 2.35. The molecule has 0 amide bonds. The van der Waals surface area contributed by atoms with E-state index in [9.17, 15) is 17.6 Å². The third kappa shape index (κ3) is 3.01. The van der Waals surface area contributed by atoms with Gasteiger partial charge in [0.25, 0.3) is 0 Å². The van der Waals surface area contributed by atoms with Gasteiger partial charge in [0.15, 0.2) is 0 Å². The van der Waals surface area contributed by atoms with Crippen molar-refractivity contribution >= 4 is 17.1 Å². The quantitative estimate of drug-likeness (QED) is 0.630. The van der Waals surface area contributed by atoms with Crippen molar-refractivity contribution in [1.29, 1.82) is 0 Å². The van der Waals surface area contributed by atoms with Crippen molar-refractivity contribution < 1.29 is 17.6 Å². The molecule has 0 aliphatic heterocycles. The predicted molar refractivity (Wildman–Crippen MR) is 70.3 cm³/mol. The number of alkyl halides is 3. The Balaban J connectivity index is 2.37. The molecule has 2 aromatic rings. The molecule has 0 saturated heterocycles. The van der Waals surface area contributed by atoms with Crippen molar-refractivity contribution in [3.05, 3.63) is 53.3 Å². The molecular weight excluding hydrogens is 272 g/mol. The van der Waals surface area contributed by atoms with Gasteiger partial charge in [0, 0.05) is 11.4 Å². The molecule has 2 aromatic carbocycles. The van der Waals surface area contributed by atoms with E-state index in [4.69, 9.17) is 5.73 Å². The molecular formula is C14H12F4N2. The van der Waals surface area contributed by atoms with Crippen LogP contribution in [0.1, 0.15) is 11.1 Å². The number of nitrogens with one attached hydrogen (secondary N) is 1. The molecule has 2 rings (SSSR count). The lowest BCUT2D eigenvalue weighted by Crippen LogP contribution is -2.09. The lowest BCUT2D eigenvalue weighted by Gasteiger charge is -2.13. The number of halogens is 4. The summed E-state index contributed by atoms with van der Waals surface area (Å²) in [5.74, 6) is -0.541. The largest absolute Gasteiger partial charge is 0.418 e. The van der Waals surface area contributed by atoms with Gasteiger partial charge in [0.1, 0.15) is 5.82 Å². The van der Waals surface area contributed by atoms with Gasteiger partial charge in [-0.15, -0.1) is 0 Å². The van der Waals surface area contributed by atoms with Gasteiger partial charge in [-0.25, -0.2) is 4.39 Å². The van der Waals surface area contributed by atoms with Crippen molar-refractivity contribution in [3.8, 4) is 0 Å². The fourth-order valence-corrected chi connectivity index (χ4v) is 1.77. The van der Waals surface area contributed by atoms with Gasteiger partial charge in [-0.05, 0) is 42.8 Å². The SMILES string of the molecule is Cc1ccc(F)c(Nc2ccc(N)c(C(F)(F)F)c2)c1. The van der Waals surface area contributed by atoms with E-state index in [0.29, 0.717) is 0 Å². The van der Waals surface area contributed by atoms with E-state index in [2.05, 4.69) is 5.32 Å². The van der Waals surface area contributed by atoms with E-state index in [1.165, 1.54) is 18.2 Å². The number of anilines is 3. The second-order valence-electron chi connectivity index (χ2n) is 4.41. The Kier molecular flexibility index (Phi) is 3.57. The van der Waals surface area contributed by atoms with Crippen LogP contribution in [0.15, 0.2) is 36.4 Å². The molecule has 0 fully saturated rings. The molecule has 0 saturated carbocycles. The lowest BCUT2D eigenvalue weighted by atomic mass is 10.1. The van der Waals surface area contributed by atoms with Crippen molar-refractivity contribution in [3.63, 3.8) is 0 Å². The van der Waals surface area contributed by atoms with Crippen molar-refractivity contribution in [2.75, 3.05) is 11.1 Å². The Morgan fingerprint density at radius 3 is 2.40 bits per heavy atom. The Morgan fingerprint density at radius 1 is 1.05 bits per heavy atom. The van der Waals surface area contributed by atoms with Crippen LogP contribution in [0.3, 0.4) is 0 Å². The van der Waals surface area contributed by atoms with Gasteiger partial charge >= 0.3 is 6.18 Å². The first-order chi connectivity index (χ1) is 9.27. The Hall–Kier alpha value is -2.24. The molecule has 20 heavy (non-hydrogen) atoms. The van der Waals surface area contributed by atoms with Crippen LogP contribution in [-0.4, -0.2) is 0 Å². The molecule has 3 N–H and O–H groups in total. The van der Waals surface area contributed by atoms with Gasteiger partial charge in [0.2, 0.25) is 0 Å². The second kappa shape index (κ2) is 5.03. The minimum Gasteiger partial charge on any atom is -0.398 e. The van der Waals surface area contributed by atoms with Crippen LogP contribution < -0.4 is 11.1 Å². The van der Waals surface area contributed by atoms with Crippen molar-refractivity contribution in [1.82, 2.24) is 0 Å². The third-order valence-electron chi connectivity index (χ3n) is 2.76. The predicted octanol–water partition coefficient (Wildman–Crippen LogP) is 4.48. The molecule has 0 aromatic heterocycles. The van der Waals surface area contributed by atoms with E-state index in [0.717, 1.165) is 17.7 Å². The molecule has 106 valence electrons. The summed E-state index contributed by atoms with van der Waals surface area (Å²) < 4.78 is 51.7. The number of nitrogens with two attached hydrogens (primary N) is 1. The molecule has 0 aliphatic carbocycles.